The molecule has 2 unspecified atom stereocenters. The molecule has 152 valence electrons. The maximum Gasteiger partial charge on any atom is 0.240 e. The van der Waals surface area contributed by atoms with Gasteiger partial charge in [0, 0.05) is 6.42 Å². The first-order valence-electron chi connectivity index (χ1n) is 10.1. The molecule has 2 amide bonds. The zero-order valence-corrected chi connectivity index (χ0v) is 17.2. The van der Waals surface area contributed by atoms with Crippen molar-refractivity contribution >= 4 is 22.8 Å². The van der Waals surface area contributed by atoms with Crippen LogP contribution in [0.2, 0.25) is 0 Å². The van der Waals surface area contributed by atoms with E-state index < -0.39 is 0 Å². The number of imidazole rings is 1. The molecular weight excluding hydrogens is 364 g/mol. The molecular formula is C23H28N4O2. The first-order valence-corrected chi connectivity index (χ1v) is 10.1. The highest BCUT2D eigenvalue weighted by Gasteiger charge is 2.20. The highest BCUT2D eigenvalue weighted by molar-refractivity contribution is 5.82. The average Bonchev–Trinajstić information content (AvgIpc) is 3.07. The van der Waals surface area contributed by atoms with E-state index in [2.05, 4.69) is 15.6 Å². The molecule has 2 aromatic carbocycles. The minimum Gasteiger partial charge on any atom is -0.348 e. The van der Waals surface area contributed by atoms with E-state index in [-0.39, 0.29) is 30.4 Å². The monoisotopic (exact) mass is 392 g/mol. The number of hydrogen-bond donors (Lipinski definition) is 2. The van der Waals surface area contributed by atoms with E-state index in [0.29, 0.717) is 12.2 Å². The van der Waals surface area contributed by atoms with Crippen LogP contribution < -0.4 is 10.6 Å². The number of amides is 2. The molecule has 2 N–H and O–H groups in total. The van der Waals surface area contributed by atoms with Crippen molar-refractivity contribution in [3.63, 3.8) is 0 Å². The van der Waals surface area contributed by atoms with E-state index >= 15 is 0 Å². The smallest absolute Gasteiger partial charge is 0.240 e. The van der Waals surface area contributed by atoms with E-state index in [1.165, 1.54) is 0 Å². The first-order chi connectivity index (χ1) is 14.0. The van der Waals surface area contributed by atoms with Crippen LogP contribution in [0.15, 0.2) is 54.6 Å². The Hall–Kier alpha value is -3.15. The molecule has 1 aromatic heterocycles. The van der Waals surface area contributed by atoms with Gasteiger partial charge < -0.3 is 15.2 Å². The summed E-state index contributed by atoms with van der Waals surface area (Å²) >= 11 is 0. The molecule has 0 aliphatic carbocycles. The van der Waals surface area contributed by atoms with Crippen LogP contribution in [0.4, 0.5) is 0 Å². The lowest BCUT2D eigenvalue weighted by atomic mass is 10.1. The van der Waals surface area contributed by atoms with E-state index in [9.17, 15) is 9.59 Å². The zero-order chi connectivity index (χ0) is 20.8. The second-order valence-corrected chi connectivity index (χ2v) is 7.28. The fraction of sp³-hybridized carbons (Fsp3) is 0.348. The van der Waals surface area contributed by atoms with Crippen molar-refractivity contribution in [3.05, 3.63) is 66.0 Å². The van der Waals surface area contributed by atoms with Crippen molar-refractivity contribution in [3.8, 4) is 0 Å². The van der Waals surface area contributed by atoms with Crippen LogP contribution in [-0.4, -0.2) is 21.4 Å². The second kappa shape index (κ2) is 9.37. The van der Waals surface area contributed by atoms with Gasteiger partial charge in [0.1, 0.15) is 12.4 Å². The van der Waals surface area contributed by atoms with Gasteiger partial charge in [-0.3, -0.25) is 9.59 Å². The standard InChI is InChI=1S/C23H28N4O2/c1-4-10-21(28)25-17(3)23-26-19-13-8-9-14-20(19)27(23)15-22(29)24-16(2)18-11-6-5-7-12-18/h5-9,11-14,16-17H,4,10,15H2,1-3H3,(H,24,29)(H,25,28). The number of hydrogen-bond acceptors (Lipinski definition) is 3. The van der Waals surface area contributed by atoms with Gasteiger partial charge in [0.25, 0.3) is 0 Å². The van der Waals surface area contributed by atoms with Crippen molar-refractivity contribution in [2.24, 2.45) is 0 Å². The van der Waals surface area contributed by atoms with Crippen molar-refractivity contribution in [1.82, 2.24) is 20.2 Å². The molecule has 0 aliphatic rings. The Morgan fingerprint density at radius 1 is 0.931 bits per heavy atom. The van der Waals surface area contributed by atoms with Crippen molar-refractivity contribution in [2.45, 2.75) is 52.2 Å². The zero-order valence-electron chi connectivity index (χ0n) is 17.2. The Morgan fingerprint density at radius 2 is 1.59 bits per heavy atom. The predicted molar refractivity (Wildman–Crippen MR) is 114 cm³/mol. The van der Waals surface area contributed by atoms with Gasteiger partial charge in [-0.1, -0.05) is 49.4 Å². The Balaban J connectivity index is 1.81. The van der Waals surface area contributed by atoms with Gasteiger partial charge in [0.05, 0.1) is 23.1 Å². The molecule has 3 rings (SSSR count). The topological polar surface area (TPSA) is 76.0 Å². The minimum absolute atomic E-state index is 0.0132. The molecule has 0 spiro atoms. The van der Waals surface area contributed by atoms with Crippen LogP contribution in [0.1, 0.15) is 57.1 Å². The maximum atomic E-state index is 12.8. The number of para-hydroxylation sites is 2. The molecule has 0 saturated carbocycles. The van der Waals surface area contributed by atoms with Crippen LogP contribution >= 0.6 is 0 Å². The highest BCUT2D eigenvalue weighted by atomic mass is 16.2. The summed E-state index contributed by atoms with van der Waals surface area (Å²) in [6.07, 6.45) is 1.26. The van der Waals surface area contributed by atoms with Gasteiger partial charge in [0.15, 0.2) is 0 Å². The Kier molecular flexibility index (Phi) is 6.65. The SMILES string of the molecule is CCCC(=O)NC(C)c1nc2ccccc2n1CC(=O)NC(C)c1ccccc1. The summed E-state index contributed by atoms with van der Waals surface area (Å²) in [6.45, 7) is 5.97. The number of aromatic nitrogens is 2. The summed E-state index contributed by atoms with van der Waals surface area (Å²) in [5.74, 6) is 0.566. The molecule has 29 heavy (non-hydrogen) atoms. The van der Waals surface area contributed by atoms with Gasteiger partial charge in [-0.05, 0) is 38.0 Å². The number of carbonyl (C=O) groups is 2. The second-order valence-electron chi connectivity index (χ2n) is 7.28. The van der Waals surface area contributed by atoms with Crippen molar-refractivity contribution in [1.29, 1.82) is 0 Å². The highest BCUT2D eigenvalue weighted by Crippen LogP contribution is 2.21. The Bertz CT molecular complexity index is 981. The molecule has 0 aliphatic heterocycles. The minimum atomic E-state index is -0.291. The fourth-order valence-electron chi connectivity index (χ4n) is 3.45. The molecule has 1 heterocycles. The van der Waals surface area contributed by atoms with Gasteiger partial charge in [0.2, 0.25) is 11.8 Å². The number of nitrogens with one attached hydrogen (secondary N) is 2. The average molecular weight is 393 g/mol. The normalized spacial score (nSPS) is 13.1. The number of carbonyl (C=O) groups excluding carboxylic acids is 2. The summed E-state index contributed by atoms with van der Waals surface area (Å²) in [6, 6.07) is 17.2. The number of rotatable bonds is 8. The van der Waals surface area contributed by atoms with Gasteiger partial charge in [-0.2, -0.15) is 0 Å². The van der Waals surface area contributed by atoms with Gasteiger partial charge in [-0.15, -0.1) is 0 Å². The molecule has 6 heteroatoms. The number of fused-ring (bicyclic) bond motifs is 1. The lowest BCUT2D eigenvalue weighted by Gasteiger charge is -2.18. The lowest BCUT2D eigenvalue weighted by Crippen LogP contribution is -2.32. The Morgan fingerprint density at radius 3 is 2.31 bits per heavy atom. The molecule has 0 radical (unpaired) electrons. The van der Waals surface area contributed by atoms with E-state index in [0.717, 1.165) is 23.0 Å². The molecule has 0 saturated heterocycles. The van der Waals surface area contributed by atoms with Gasteiger partial charge in [-0.25, -0.2) is 4.98 Å². The van der Waals surface area contributed by atoms with Crippen LogP contribution in [0, 0.1) is 0 Å². The van der Waals surface area contributed by atoms with Crippen LogP contribution in [0.3, 0.4) is 0 Å². The van der Waals surface area contributed by atoms with Crippen molar-refractivity contribution < 1.29 is 9.59 Å². The summed E-state index contributed by atoms with van der Waals surface area (Å²) < 4.78 is 1.89. The molecule has 2 atom stereocenters. The third-order valence-electron chi connectivity index (χ3n) is 4.90. The largest absolute Gasteiger partial charge is 0.348 e. The van der Waals surface area contributed by atoms with Crippen LogP contribution in [-0.2, 0) is 16.1 Å². The quantitative estimate of drug-likeness (QED) is 0.611. The first kappa shape index (κ1) is 20.6. The van der Waals surface area contributed by atoms with Gasteiger partial charge >= 0.3 is 0 Å². The number of benzene rings is 2. The molecule has 0 bridgehead atoms. The maximum absolute atomic E-state index is 12.8. The Labute approximate surface area is 171 Å². The lowest BCUT2D eigenvalue weighted by molar-refractivity contribution is -0.122. The summed E-state index contributed by atoms with van der Waals surface area (Å²) in [5, 5.41) is 6.04. The summed E-state index contributed by atoms with van der Waals surface area (Å²) in [4.78, 5) is 29.5. The van der Waals surface area contributed by atoms with E-state index in [1.54, 1.807) is 0 Å². The third-order valence-corrected chi connectivity index (χ3v) is 4.90. The van der Waals surface area contributed by atoms with Crippen molar-refractivity contribution in [2.75, 3.05) is 0 Å². The summed E-state index contributed by atoms with van der Waals surface area (Å²) in [7, 11) is 0. The number of nitrogens with zero attached hydrogens (tertiary/aromatic N) is 2. The van der Waals surface area contributed by atoms with Crippen LogP contribution in [0.25, 0.3) is 11.0 Å². The van der Waals surface area contributed by atoms with Crippen LogP contribution in [0.5, 0.6) is 0 Å². The fourth-order valence-corrected chi connectivity index (χ4v) is 3.45. The third kappa shape index (κ3) is 5.02. The van der Waals surface area contributed by atoms with E-state index in [1.807, 2.05) is 79.9 Å². The van der Waals surface area contributed by atoms with E-state index in [4.69, 9.17) is 0 Å². The summed E-state index contributed by atoms with van der Waals surface area (Å²) in [5.41, 5.74) is 2.74. The molecule has 6 nitrogen and oxygen atoms in total. The predicted octanol–water partition coefficient (Wildman–Crippen LogP) is 3.89. The molecule has 3 aromatic rings. The molecule has 0 fully saturated rings.